The zero-order valence-electron chi connectivity index (χ0n) is 17.8. The SMILES string of the molecule is CC(=O)N(CC(=O)NC(C)c1ccccc1)c1c(C(C)C)cccc1C(C)C. The van der Waals surface area contributed by atoms with E-state index in [1.165, 1.54) is 6.92 Å². The second-order valence-electron chi connectivity index (χ2n) is 7.90. The summed E-state index contributed by atoms with van der Waals surface area (Å²) in [5, 5.41) is 3.02. The third-order valence-electron chi connectivity index (χ3n) is 4.97. The Bertz CT molecular complexity index is 786. The number of rotatable bonds is 7. The number of nitrogens with zero attached hydrogens (tertiary/aromatic N) is 1. The minimum absolute atomic E-state index is 0.00988. The third-order valence-corrected chi connectivity index (χ3v) is 4.97. The first-order chi connectivity index (χ1) is 13.2. The Morgan fingerprint density at radius 2 is 1.39 bits per heavy atom. The summed E-state index contributed by atoms with van der Waals surface area (Å²) in [7, 11) is 0. The van der Waals surface area contributed by atoms with Crippen molar-refractivity contribution in [3.63, 3.8) is 0 Å². The topological polar surface area (TPSA) is 49.4 Å². The molecule has 0 saturated carbocycles. The number of amides is 2. The van der Waals surface area contributed by atoms with Gasteiger partial charge < -0.3 is 10.2 Å². The largest absolute Gasteiger partial charge is 0.348 e. The van der Waals surface area contributed by atoms with Crippen molar-refractivity contribution in [3.8, 4) is 0 Å². The first-order valence-electron chi connectivity index (χ1n) is 9.97. The maximum Gasteiger partial charge on any atom is 0.240 e. The molecular formula is C24H32N2O2. The van der Waals surface area contributed by atoms with Gasteiger partial charge in [-0.3, -0.25) is 9.59 Å². The second kappa shape index (κ2) is 9.54. The smallest absolute Gasteiger partial charge is 0.240 e. The van der Waals surface area contributed by atoms with Gasteiger partial charge in [0.15, 0.2) is 0 Å². The maximum absolute atomic E-state index is 12.8. The Morgan fingerprint density at radius 1 is 0.857 bits per heavy atom. The van der Waals surface area contributed by atoms with Crippen molar-refractivity contribution in [2.24, 2.45) is 0 Å². The molecular weight excluding hydrogens is 348 g/mol. The lowest BCUT2D eigenvalue weighted by Crippen LogP contribution is -2.41. The number of para-hydroxylation sites is 1. The van der Waals surface area contributed by atoms with Crippen molar-refractivity contribution in [3.05, 3.63) is 65.2 Å². The van der Waals surface area contributed by atoms with Crippen LogP contribution in [0.3, 0.4) is 0 Å². The van der Waals surface area contributed by atoms with Gasteiger partial charge in [0.2, 0.25) is 11.8 Å². The van der Waals surface area contributed by atoms with E-state index in [0.717, 1.165) is 22.4 Å². The van der Waals surface area contributed by atoms with Gasteiger partial charge in [0.1, 0.15) is 6.54 Å². The van der Waals surface area contributed by atoms with Gasteiger partial charge in [-0.1, -0.05) is 76.2 Å². The van der Waals surface area contributed by atoms with Crippen LogP contribution in [0.15, 0.2) is 48.5 Å². The van der Waals surface area contributed by atoms with E-state index in [0.29, 0.717) is 0 Å². The molecule has 1 unspecified atom stereocenters. The van der Waals surface area contributed by atoms with Crippen molar-refractivity contribution >= 4 is 17.5 Å². The van der Waals surface area contributed by atoms with Crippen LogP contribution >= 0.6 is 0 Å². The molecule has 4 heteroatoms. The summed E-state index contributed by atoms with van der Waals surface area (Å²) in [5.74, 6) is 0.209. The molecule has 150 valence electrons. The zero-order valence-corrected chi connectivity index (χ0v) is 17.8. The van der Waals surface area contributed by atoms with Crippen LogP contribution in [0.25, 0.3) is 0 Å². The Labute approximate surface area is 169 Å². The lowest BCUT2D eigenvalue weighted by atomic mass is 9.91. The highest BCUT2D eigenvalue weighted by atomic mass is 16.2. The maximum atomic E-state index is 12.8. The molecule has 0 spiro atoms. The summed E-state index contributed by atoms with van der Waals surface area (Å²) in [6.07, 6.45) is 0. The summed E-state index contributed by atoms with van der Waals surface area (Å²) in [4.78, 5) is 26.9. The first kappa shape index (κ1) is 21.7. The lowest BCUT2D eigenvalue weighted by molar-refractivity contribution is -0.123. The number of carbonyl (C=O) groups excluding carboxylic acids is 2. The van der Waals surface area contributed by atoms with Crippen molar-refractivity contribution in [1.82, 2.24) is 5.32 Å². The van der Waals surface area contributed by atoms with E-state index in [2.05, 4.69) is 33.0 Å². The first-order valence-corrected chi connectivity index (χ1v) is 9.97. The van der Waals surface area contributed by atoms with Crippen LogP contribution in [0.2, 0.25) is 0 Å². The van der Waals surface area contributed by atoms with Crippen molar-refractivity contribution in [1.29, 1.82) is 0 Å². The molecule has 4 nitrogen and oxygen atoms in total. The molecule has 0 aliphatic heterocycles. The number of carbonyl (C=O) groups is 2. The van der Waals surface area contributed by atoms with Crippen molar-refractivity contribution in [2.75, 3.05) is 11.4 Å². The molecule has 0 fully saturated rings. The molecule has 0 saturated heterocycles. The molecule has 28 heavy (non-hydrogen) atoms. The number of hydrogen-bond acceptors (Lipinski definition) is 2. The zero-order chi connectivity index (χ0) is 20.8. The molecule has 2 aromatic rings. The quantitative estimate of drug-likeness (QED) is 0.721. The summed E-state index contributed by atoms with van der Waals surface area (Å²) in [6, 6.07) is 15.8. The summed E-state index contributed by atoms with van der Waals surface area (Å²) in [6.45, 7) is 11.9. The highest BCUT2D eigenvalue weighted by Crippen LogP contribution is 2.35. The number of benzene rings is 2. The Balaban J connectivity index is 2.31. The van der Waals surface area contributed by atoms with E-state index >= 15 is 0 Å². The van der Waals surface area contributed by atoms with Gasteiger partial charge in [0.25, 0.3) is 0 Å². The molecule has 1 atom stereocenters. The highest BCUT2D eigenvalue weighted by Gasteiger charge is 2.24. The van der Waals surface area contributed by atoms with Crippen molar-refractivity contribution in [2.45, 2.75) is 59.4 Å². The van der Waals surface area contributed by atoms with Gasteiger partial charge in [-0.15, -0.1) is 0 Å². The third kappa shape index (κ3) is 5.22. The van der Waals surface area contributed by atoms with E-state index < -0.39 is 0 Å². The molecule has 0 aliphatic carbocycles. The Hall–Kier alpha value is -2.62. The number of hydrogen-bond donors (Lipinski definition) is 1. The molecule has 1 N–H and O–H groups in total. The number of anilines is 1. The van der Waals surface area contributed by atoms with Gasteiger partial charge >= 0.3 is 0 Å². The molecule has 0 bridgehead atoms. The fourth-order valence-corrected chi connectivity index (χ4v) is 3.43. The fourth-order valence-electron chi connectivity index (χ4n) is 3.43. The Morgan fingerprint density at radius 3 is 1.86 bits per heavy atom. The fraction of sp³-hybridized carbons (Fsp3) is 0.417. The average molecular weight is 381 g/mol. The van der Waals surface area contributed by atoms with Gasteiger partial charge in [-0.05, 0) is 35.4 Å². The molecule has 0 aromatic heterocycles. The van der Waals surface area contributed by atoms with Gasteiger partial charge in [0.05, 0.1) is 11.7 Å². The van der Waals surface area contributed by atoms with Gasteiger partial charge in [-0.25, -0.2) is 0 Å². The van der Waals surface area contributed by atoms with E-state index in [4.69, 9.17) is 0 Å². The monoisotopic (exact) mass is 380 g/mol. The molecule has 2 rings (SSSR count). The predicted octanol–water partition coefficient (Wildman–Crippen LogP) is 5.16. The molecule has 2 aromatic carbocycles. The van der Waals surface area contributed by atoms with Crippen LogP contribution < -0.4 is 10.2 Å². The van der Waals surface area contributed by atoms with Gasteiger partial charge in [-0.2, -0.15) is 0 Å². The van der Waals surface area contributed by atoms with Gasteiger partial charge in [0, 0.05) is 6.92 Å². The summed E-state index contributed by atoms with van der Waals surface area (Å²) in [5.41, 5.74) is 4.09. The van der Waals surface area contributed by atoms with Crippen LogP contribution in [-0.2, 0) is 9.59 Å². The summed E-state index contributed by atoms with van der Waals surface area (Å²) >= 11 is 0. The average Bonchev–Trinajstić information content (AvgIpc) is 2.65. The summed E-state index contributed by atoms with van der Waals surface area (Å²) < 4.78 is 0. The van der Waals surface area contributed by atoms with Crippen LogP contribution in [-0.4, -0.2) is 18.4 Å². The minimum Gasteiger partial charge on any atom is -0.348 e. The van der Waals surface area contributed by atoms with E-state index in [1.807, 2.05) is 55.5 Å². The molecule has 0 heterocycles. The van der Waals surface area contributed by atoms with Crippen LogP contribution in [0.5, 0.6) is 0 Å². The Kier molecular flexibility index (Phi) is 7.38. The normalized spacial score (nSPS) is 12.1. The number of nitrogens with one attached hydrogen (secondary N) is 1. The standard InChI is InChI=1S/C24H32N2O2/c1-16(2)21-13-10-14-22(17(3)4)24(21)26(19(6)27)15-23(28)25-18(5)20-11-8-7-9-12-20/h7-14,16-18H,15H2,1-6H3,(H,25,28). The predicted molar refractivity (Wildman–Crippen MR) is 116 cm³/mol. The lowest BCUT2D eigenvalue weighted by Gasteiger charge is -2.29. The van der Waals surface area contributed by atoms with E-state index in [-0.39, 0.29) is 36.2 Å². The molecule has 2 amide bonds. The minimum atomic E-state index is -0.167. The molecule has 0 radical (unpaired) electrons. The highest BCUT2D eigenvalue weighted by molar-refractivity contribution is 5.99. The van der Waals surface area contributed by atoms with E-state index in [1.54, 1.807) is 4.90 Å². The van der Waals surface area contributed by atoms with Crippen LogP contribution in [0.4, 0.5) is 5.69 Å². The second-order valence-corrected chi connectivity index (χ2v) is 7.90. The van der Waals surface area contributed by atoms with Crippen LogP contribution in [0, 0.1) is 0 Å². The van der Waals surface area contributed by atoms with Crippen LogP contribution in [0.1, 0.15) is 76.1 Å². The van der Waals surface area contributed by atoms with E-state index in [9.17, 15) is 9.59 Å². The van der Waals surface area contributed by atoms with Crippen molar-refractivity contribution < 1.29 is 9.59 Å². The molecule has 0 aliphatic rings.